The van der Waals surface area contributed by atoms with E-state index in [1.54, 1.807) is 24.5 Å². The number of aliphatic imine (C=N–C) groups is 1. The summed E-state index contributed by atoms with van der Waals surface area (Å²) in [7, 11) is -1.10. The number of hydrogen-bond acceptors (Lipinski definition) is 3. The van der Waals surface area contributed by atoms with Crippen molar-refractivity contribution in [1.29, 1.82) is 0 Å². The van der Waals surface area contributed by atoms with Gasteiger partial charge >= 0.3 is 0 Å². The molecule has 2 aromatic rings. The zero-order chi connectivity index (χ0) is 16.9. The normalized spacial score (nSPS) is 17.5. The van der Waals surface area contributed by atoms with Gasteiger partial charge in [0.1, 0.15) is 0 Å². The maximum Gasteiger partial charge on any atom is 0.250 e. The summed E-state index contributed by atoms with van der Waals surface area (Å²) in [5.41, 5.74) is 1.76. The van der Waals surface area contributed by atoms with E-state index in [0.29, 0.717) is 6.42 Å². The predicted molar refractivity (Wildman–Crippen MR) is 102 cm³/mol. The number of hydrogen-bond donors (Lipinski definition) is 1. The second-order valence-corrected chi connectivity index (χ2v) is 7.46. The van der Waals surface area contributed by atoms with Gasteiger partial charge in [-0.25, -0.2) is 0 Å². The second-order valence-electron chi connectivity index (χ2n) is 5.40. The summed E-state index contributed by atoms with van der Waals surface area (Å²) in [5.74, 6) is 0. The van der Waals surface area contributed by atoms with Gasteiger partial charge in [-0.2, -0.15) is 0 Å². The molecule has 5 heteroatoms. The third-order valence-electron chi connectivity index (χ3n) is 3.74. The van der Waals surface area contributed by atoms with Gasteiger partial charge in [-0.1, -0.05) is 43.0 Å². The first-order chi connectivity index (χ1) is 11.7. The van der Waals surface area contributed by atoms with Crippen molar-refractivity contribution >= 4 is 27.1 Å². The number of benzene rings is 1. The molecule has 1 aliphatic rings. The summed E-state index contributed by atoms with van der Waals surface area (Å²) in [4.78, 5) is 29.0. The average molecular weight is 338 g/mol. The zero-order valence-corrected chi connectivity index (χ0v) is 14.0. The fourth-order valence-corrected chi connectivity index (χ4v) is 4.16. The summed E-state index contributed by atoms with van der Waals surface area (Å²) in [6.45, 7) is 3.75. The molecule has 0 amide bonds. The Hall–Kier alpha value is -2.66. The first kappa shape index (κ1) is 16.2. The molecule has 1 aromatic carbocycles. The smallest absolute Gasteiger partial charge is 0.250 e. The van der Waals surface area contributed by atoms with Crippen LogP contribution in [0.5, 0.6) is 0 Å². The van der Waals surface area contributed by atoms with Crippen LogP contribution >= 0.6 is 10.9 Å². The first-order valence-corrected chi connectivity index (χ1v) is 9.01. The van der Waals surface area contributed by atoms with Crippen molar-refractivity contribution in [2.75, 3.05) is 0 Å². The minimum Gasteiger partial charge on any atom is -0.307 e. The predicted octanol–water partition coefficient (Wildman–Crippen LogP) is 3.15. The van der Waals surface area contributed by atoms with Crippen LogP contribution in [0.2, 0.25) is 0 Å². The maximum atomic E-state index is 12.7. The van der Waals surface area contributed by atoms with Crippen molar-refractivity contribution in [3.8, 4) is 0 Å². The Bertz CT molecular complexity index is 882. The minimum absolute atomic E-state index is 0.0248. The molecular formula is C19H18N2O2S. The lowest BCUT2D eigenvalue weighted by atomic mass is 10.2. The minimum atomic E-state index is -1.10. The summed E-state index contributed by atoms with van der Waals surface area (Å²) in [6.07, 6.45) is 5.68. The van der Waals surface area contributed by atoms with E-state index in [9.17, 15) is 9.59 Å². The summed E-state index contributed by atoms with van der Waals surface area (Å²) in [6, 6.07) is 13.1. The Kier molecular flexibility index (Phi) is 4.91. The Morgan fingerprint density at radius 3 is 2.75 bits per heavy atom. The SMILES string of the molecule is C=Cc1ccc(=O)n(CC(=O)[SH]2C=CN=C2Cc2ccccc2)c1. The van der Waals surface area contributed by atoms with Gasteiger partial charge in [-0.15, -0.1) is 10.9 Å². The first-order valence-electron chi connectivity index (χ1n) is 7.59. The summed E-state index contributed by atoms with van der Waals surface area (Å²) < 4.78 is 1.44. The summed E-state index contributed by atoms with van der Waals surface area (Å²) >= 11 is 0. The molecule has 3 rings (SSSR count). The highest BCUT2D eigenvalue weighted by Gasteiger charge is 2.21. The molecule has 1 aromatic heterocycles. The van der Waals surface area contributed by atoms with Crippen LogP contribution in [0.1, 0.15) is 11.1 Å². The molecule has 2 heterocycles. The number of thiol groups is 1. The largest absolute Gasteiger partial charge is 0.307 e. The molecule has 0 bridgehead atoms. The number of rotatable bonds is 5. The van der Waals surface area contributed by atoms with Crippen molar-refractivity contribution in [1.82, 2.24) is 4.57 Å². The highest BCUT2D eigenvalue weighted by Crippen LogP contribution is 2.36. The molecule has 24 heavy (non-hydrogen) atoms. The molecule has 0 spiro atoms. The quantitative estimate of drug-likeness (QED) is 0.852. The topological polar surface area (TPSA) is 51.4 Å². The Morgan fingerprint density at radius 2 is 2.00 bits per heavy atom. The van der Waals surface area contributed by atoms with Crippen LogP contribution in [0.15, 0.2) is 76.6 Å². The van der Waals surface area contributed by atoms with Crippen LogP contribution in [-0.4, -0.2) is 14.7 Å². The Balaban J connectivity index is 1.75. The van der Waals surface area contributed by atoms with Crippen LogP contribution in [-0.2, 0) is 17.8 Å². The van der Waals surface area contributed by atoms with Crippen molar-refractivity contribution in [3.63, 3.8) is 0 Å². The van der Waals surface area contributed by atoms with Crippen molar-refractivity contribution in [2.45, 2.75) is 13.0 Å². The lowest BCUT2D eigenvalue weighted by Crippen LogP contribution is -2.24. The van der Waals surface area contributed by atoms with E-state index in [-0.39, 0.29) is 17.2 Å². The fraction of sp³-hybridized carbons (Fsp3) is 0.105. The molecule has 0 radical (unpaired) electrons. The Labute approximate surface area is 143 Å². The molecule has 1 atom stereocenters. The van der Waals surface area contributed by atoms with Crippen molar-refractivity contribution in [3.05, 3.63) is 88.3 Å². The van der Waals surface area contributed by atoms with Gasteiger partial charge in [0, 0.05) is 24.9 Å². The van der Waals surface area contributed by atoms with Crippen molar-refractivity contribution < 1.29 is 4.79 Å². The van der Waals surface area contributed by atoms with E-state index in [4.69, 9.17) is 0 Å². The van der Waals surface area contributed by atoms with Gasteiger partial charge in [0.2, 0.25) is 0 Å². The molecule has 1 aliphatic heterocycles. The van der Waals surface area contributed by atoms with E-state index < -0.39 is 10.9 Å². The molecule has 1 unspecified atom stereocenters. The number of pyridine rings is 1. The lowest BCUT2D eigenvalue weighted by molar-refractivity contribution is -0.111. The maximum absolute atomic E-state index is 12.7. The molecule has 0 saturated carbocycles. The van der Waals surface area contributed by atoms with Gasteiger partial charge in [-0.05, 0) is 22.6 Å². The van der Waals surface area contributed by atoms with Gasteiger partial charge in [0.25, 0.3) is 5.56 Å². The fourth-order valence-electron chi connectivity index (χ4n) is 2.49. The average Bonchev–Trinajstić information content (AvgIpc) is 3.06. The zero-order valence-electron chi connectivity index (χ0n) is 13.1. The molecule has 122 valence electrons. The Morgan fingerprint density at radius 1 is 1.21 bits per heavy atom. The molecular weight excluding hydrogens is 320 g/mol. The number of aromatic nitrogens is 1. The van der Waals surface area contributed by atoms with Crippen LogP contribution in [0.4, 0.5) is 0 Å². The number of carbonyl (C=O) groups excluding carboxylic acids is 1. The standard InChI is InChI=1S/C19H18N2O2S/c1-2-15-8-9-18(22)21(13-15)14-19(23)24-11-10-20-17(24)12-16-6-4-3-5-7-16/h2-11,13,24H,1,12,14H2. The number of nitrogens with zero attached hydrogens (tertiary/aromatic N) is 2. The van der Waals surface area contributed by atoms with Gasteiger partial charge < -0.3 is 4.57 Å². The molecule has 0 saturated heterocycles. The third-order valence-corrected chi connectivity index (χ3v) is 5.68. The monoisotopic (exact) mass is 338 g/mol. The number of carbonyl (C=O) groups is 1. The molecule has 4 nitrogen and oxygen atoms in total. The van der Waals surface area contributed by atoms with E-state index in [0.717, 1.165) is 16.2 Å². The van der Waals surface area contributed by atoms with E-state index in [1.807, 2.05) is 35.7 Å². The van der Waals surface area contributed by atoms with E-state index >= 15 is 0 Å². The van der Waals surface area contributed by atoms with Crippen LogP contribution in [0, 0.1) is 0 Å². The van der Waals surface area contributed by atoms with Gasteiger partial charge in [0.15, 0.2) is 5.12 Å². The molecule has 0 aliphatic carbocycles. The molecule has 0 N–H and O–H groups in total. The van der Waals surface area contributed by atoms with Crippen LogP contribution < -0.4 is 5.56 Å². The second kappa shape index (κ2) is 7.27. The van der Waals surface area contributed by atoms with Gasteiger partial charge in [0.05, 0.1) is 11.6 Å². The van der Waals surface area contributed by atoms with E-state index in [2.05, 4.69) is 11.6 Å². The summed E-state index contributed by atoms with van der Waals surface area (Å²) in [5, 5.41) is 2.77. The third kappa shape index (κ3) is 3.63. The van der Waals surface area contributed by atoms with E-state index in [1.165, 1.54) is 10.6 Å². The van der Waals surface area contributed by atoms with Crippen molar-refractivity contribution in [2.24, 2.45) is 4.99 Å². The van der Waals surface area contributed by atoms with Gasteiger partial charge in [-0.3, -0.25) is 14.6 Å². The highest BCUT2D eigenvalue weighted by atomic mass is 32.2. The lowest BCUT2D eigenvalue weighted by Gasteiger charge is -2.16. The van der Waals surface area contributed by atoms with Crippen LogP contribution in [0.3, 0.4) is 0 Å². The molecule has 0 fully saturated rings. The highest BCUT2D eigenvalue weighted by molar-refractivity contribution is 8.43. The van der Waals surface area contributed by atoms with Crippen LogP contribution in [0.25, 0.3) is 6.08 Å².